The van der Waals surface area contributed by atoms with E-state index in [9.17, 15) is 0 Å². The number of nitrogens with two attached hydrogens (primary N) is 1. The number of nitrogens with one attached hydrogen (secondary N) is 1. The Bertz CT molecular complexity index is 364. The van der Waals surface area contributed by atoms with Crippen LogP contribution in [0.3, 0.4) is 0 Å². The van der Waals surface area contributed by atoms with Crippen LogP contribution in [0.5, 0.6) is 0 Å². The maximum atomic E-state index is 5.78. The molecule has 0 amide bonds. The highest BCUT2D eigenvalue weighted by Crippen LogP contribution is 2.21. The van der Waals surface area contributed by atoms with Gasteiger partial charge in [0.15, 0.2) is 0 Å². The Labute approximate surface area is 83.8 Å². The van der Waals surface area contributed by atoms with Gasteiger partial charge in [0.1, 0.15) is 0 Å². The third-order valence-corrected chi connectivity index (χ3v) is 2.44. The molecular weight excluding hydrogens is 172 g/mol. The van der Waals surface area contributed by atoms with Gasteiger partial charge in [0, 0.05) is 24.4 Å². The minimum atomic E-state index is 0.284. The van der Waals surface area contributed by atoms with Gasteiger partial charge < -0.3 is 10.7 Å². The van der Waals surface area contributed by atoms with Gasteiger partial charge in [-0.25, -0.2) is 0 Å². The molecule has 14 heavy (non-hydrogen) atoms. The molecule has 0 fully saturated rings. The largest absolute Gasteiger partial charge is 0.364 e. The maximum absolute atomic E-state index is 5.78. The topological polar surface area (TPSA) is 41.8 Å². The SMILES string of the molecule is NC[C@H](c1ccccc1)c1ccc[nH]1. The van der Waals surface area contributed by atoms with Gasteiger partial charge in [-0.2, -0.15) is 0 Å². The fourth-order valence-corrected chi connectivity index (χ4v) is 1.69. The first kappa shape index (κ1) is 9.03. The van der Waals surface area contributed by atoms with Crippen molar-refractivity contribution >= 4 is 0 Å². The lowest BCUT2D eigenvalue weighted by Gasteiger charge is -2.13. The first-order valence-electron chi connectivity index (χ1n) is 4.80. The van der Waals surface area contributed by atoms with Crippen LogP contribution in [0.15, 0.2) is 48.7 Å². The smallest absolute Gasteiger partial charge is 0.0363 e. The molecule has 72 valence electrons. The number of aromatic nitrogens is 1. The summed E-state index contributed by atoms with van der Waals surface area (Å²) in [6.45, 7) is 0.629. The Hall–Kier alpha value is -1.54. The van der Waals surface area contributed by atoms with Crippen LogP contribution in [0.2, 0.25) is 0 Å². The predicted molar refractivity (Wildman–Crippen MR) is 58.1 cm³/mol. The van der Waals surface area contributed by atoms with Crippen LogP contribution < -0.4 is 5.73 Å². The molecule has 1 aromatic heterocycles. The molecule has 2 heteroatoms. The number of aromatic amines is 1. The third-order valence-electron chi connectivity index (χ3n) is 2.44. The van der Waals surface area contributed by atoms with E-state index in [1.54, 1.807) is 0 Å². The van der Waals surface area contributed by atoms with Gasteiger partial charge in [0.25, 0.3) is 0 Å². The van der Waals surface area contributed by atoms with Crippen molar-refractivity contribution in [3.05, 3.63) is 59.9 Å². The van der Waals surface area contributed by atoms with Crippen molar-refractivity contribution in [2.45, 2.75) is 5.92 Å². The lowest BCUT2D eigenvalue weighted by Crippen LogP contribution is -2.13. The molecule has 2 aromatic rings. The lowest BCUT2D eigenvalue weighted by molar-refractivity contribution is 0.794. The van der Waals surface area contributed by atoms with Crippen molar-refractivity contribution in [2.75, 3.05) is 6.54 Å². The van der Waals surface area contributed by atoms with Crippen molar-refractivity contribution in [1.29, 1.82) is 0 Å². The standard InChI is InChI=1S/C12H14N2/c13-9-11(12-7-4-8-14-12)10-5-2-1-3-6-10/h1-8,11,14H,9,13H2/t11-/m1/s1. The molecule has 1 aromatic carbocycles. The zero-order chi connectivity index (χ0) is 9.80. The Morgan fingerprint density at radius 2 is 1.86 bits per heavy atom. The van der Waals surface area contributed by atoms with E-state index in [4.69, 9.17) is 5.73 Å². The number of benzene rings is 1. The highest BCUT2D eigenvalue weighted by Gasteiger charge is 2.11. The summed E-state index contributed by atoms with van der Waals surface area (Å²) in [4.78, 5) is 3.21. The normalized spacial score (nSPS) is 12.6. The summed E-state index contributed by atoms with van der Waals surface area (Å²) in [5.74, 6) is 0.284. The summed E-state index contributed by atoms with van der Waals surface area (Å²) in [6.07, 6.45) is 1.93. The van der Waals surface area contributed by atoms with Crippen molar-refractivity contribution in [1.82, 2.24) is 4.98 Å². The zero-order valence-electron chi connectivity index (χ0n) is 7.98. The van der Waals surface area contributed by atoms with Crippen LogP contribution in [0.1, 0.15) is 17.2 Å². The fourth-order valence-electron chi connectivity index (χ4n) is 1.69. The predicted octanol–water partition coefficient (Wildman–Crippen LogP) is 2.11. The van der Waals surface area contributed by atoms with Crippen LogP contribution in [0, 0.1) is 0 Å². The molecule has 1 heterocycles. The molecule has 0 saturated carbocycles. The Kier molecular flexibility index (Phi) is 2.65. The van der Waals surface area contributed by atoms with Gasteiger partial charge in [-0.3, -0.25) is 0 Å². The summed E-state index contributed by atoms with van der Waals surface area (Å²) in [7, 11) is 0. The summed E-state index contributed by atoms with van der Waals surface area (Å²) in [5, 5.41) is 0. The van der Waals surface area contributed by atoms with E-state index in [1.807, 2.05) is 30.5 Å². The summed E-state index contributed by atoms with van der Waals surface area (Å²) in [5.41, 5.74) is 8.22. The van der Waals surface area contributed by atoms with E-state index in [0.717, 1.165) is 0 Å². The zero-order valence-corrected chi connectivity index (χ0v) is 7.98. The third kappa shape index (κ3) is 1.70. The van der Waals surface area contributed by atoms with Crippen LogP contribution in [0.25, 0.3) is 0 Å². The molecule has 0 bridgehead atoms. The molecule has 0 saturated heterocycles. The van der Waals surface area contributed by atoms with Crippen molar-refractivity contribution in [3.63, 3.8) is 0 Å². The molecule has 3 N–H and O–H groups in total. The average Bonchev–Trinajstić information content (AvgIpc) is 2.74. The van der Waals surface area contributed by atoms with Crippen molar-refractivity contribution < 1.29 is 0 Å². The lowest BCUT2D eigenvalue weighted by atomic mass is 9.96. The van der Waals surface area contributed by atoms with Gasteiger partial charge in [0.2, 0.25) is 0 Å². The van der Waals surface area contributed by atoms with Gasteiger partial charge >= 0.3 is 0 Å². The molecule has 2 nitrogen and oxygen atoms in total. The Balaban J connectivity index is 2.31. The first-order valence-corrected chi connectivity index (χ1v) is 4.80. The molecule has 1 atom stereocenters. The van der Waals surface area contributed by atoms with Gasteiger partial charge in [-0.1, -0.05) is 30.3 Å². The number of H-pyrrole nitrogens is 1. The van der Waals surface area contributed by atoms with E-state index in [1.165, 1.54) is 11.3 Å². The van der Waals surface area contributed by atoms with Crippen molar-refractivity contribution in [2.24, 2.45) is 5.73 Å². The number of rotatable bonds is 3. The molecule has 0 spiro atoms. The van der Waals surface area contributed by atoms with Crippen LogP contribution >= 0.6 is 0 Å². The molecule has 0 radical (unpaired) electrons. The second kappa shape index (κ2) is 4.11. The molecule has 2 rings (SSSR count). The van der Waals surface area contributed by atoms with Crippen LogP contribution in [-0.4, -0.2) is 11.5 Å². The minimum absolute atomic E-state index is 0.284. The highest BCUT2D eigenvalue weighted by molar-refractivity contribution is 5.28. The number of hydrogen-bond acceptors (Lipinski definition) is 1. The second-order valence-corrected chi connectivity index (χ2v) is 3.32. The van der Waals surface area contributed by atoms with Gasteiger partial charge in [-0.15, -0.1) is 0 Å². The maximum Gasteiger partial charge on any atom is 0.0363 e. The first-order chi connectivity index (χ1) is 6.92. The average molecular weight is 186 g/mol. The van der Waals surface area contributed by atoms with E-state index in [2.05, 4.69) is 23.2 Å². The monoisotopic (exact) mass is 186 g/mol. The van der Waals surface area contributed by atoms with Crippen LogP contribution in [-0.2, 0) is 0 Å². The summed E-state index contributed by atoms with van der Waals surface area (Å²) < 4.78 is 0. The highest BCUT2D eigenvalue weighted by atomic mass is 14.7. The second-order valence-electron chi connectivity index (χ2n) is 3.32. The molecule has 0 aliphatic carbocycles. The fraction of sp³-hybridized carbons (Fsp3) is 0.167. The van der Waals surface area contributed by atoms with Gasteiger partial charge in [0.05, 0.1) is 0 Å². The molecule has 0 aliphatic heterocycles. The number of hydrogen-bond donors (Lipinski definition) is 2. The molecule has 0 unspecified atom stereocenters. The van der Waals surface area contributed by atoms with Gasteiger partial charge in [-0.05, 0) is 17.7 Å². The van der Waals surface area contributed by atoms with E-state index in [-0.39, 0.29) is 5.92 Å². The summed E-state index contributed by atoms with van der Waals surface area (Å²) in [6, 6.07) is 14.4. The van der Waals surface area contributed by atoms with E-state index < -0.39 is 0 Å². The molecular formula is C12H14N2. The minimum Gasteiger partial charge on any atom is -0.364 e. The Morgan fingerprint density at radius 3 is 2.43 bits per heavy atom. The van der Waals surface area contributed by atoms with Crippen LogP contribution in [0.4, 0.5) is 0 Å². The Morgan fingerprint density at radius 1 is 1.07 bits per heavy atom. The summed E-state index contributed by atoms with van der Waals surface area (Å²) >= 11 is 0. The van der Waals surface area contributed by atoms with E-state index >= 15 is 0 Å². The quantitative estimate of drug-likeness (QED) is 0.757. The molecule has 0 aliphatic rings. The van der Waals surface area contributed by atoms with Crippen molar-refractivity contribution in [3.8, 4) is 0 Å². The van der Waals surface area contributed by atoms with E-state index in [0.29, 0.717) is 6.54 Å².